The van der Waals surface area contributed by atoms with Gasteiger partial charge in [0.25, 0.3) is 0 Å². The van der Waals surface area contributed by atoms with E-state index in [9.17, 15) is 9.59 Å². The normalized spacial score (nSPS) is 10.5. The molecular weight excluding hydrogens is 384 g/mol. The Morgan fingerprint density at radius 2 is 1.87 bits per heavy atom. The third kappa shape index (κ3) is 5.26. The molecule has 7 nitrogen and oxygen atoms in total. The highest BCUT2D eigenvalue weighted by Gasteiger charge is 2.14. The molecule has 0 aliphatic rings. The fourth-order valence-electron chi connectivity index (χ4n) is 2.92. The van der Waals surface area contributed by atoms with Crippen LogP contribution in [0.4, 0.5) is 0 Å². The molecule has 1 amide bonds. The maximum Gasteiger partial charge on any atom is 0.341 e. The molecule has 1 heterocycles. The van der Waals surface area contributed by atoms with Crippen molar-refractivity contribution in [1.29, 1.82) is 0 Å². The molecule has 3 rings (SSSR count). The summed E-state index contributed by atoms with van der Waals surface area (Å²) in [7, 11) is 2.79. The number of methoxy groups -OCH3 is 2. The van der Waals surface area contributed by atoms with E-state index in [1.807, 2.05) is 31.2 Å². The summed E-state index contributed by atoms with van der Waals surface area (Å²) in [5.74, 6) is 0.983. The lowest BCUT2D eigenvalue weighted by molar-refractivity contribution is -0.121. The van der Waals surface area contributed by atoms with Gasteiger partial charge in [0.15, 0.2) is 11.7 Å². The number of hydrogen-bond donors (Lipinski definition) is 1. The van der Waals surface area contributed by atoms with Crippen LogP contribution in [-0.2, 0) is 22.5 Å². The van der Waals surface area contributed by atoms with E-state index in [1.54, 1.807) is 24.4 Å². The number of nitrogens with one attached hydrogen (secondary N) is 1. The standard InChI is InChI=1S/C23H24N2O5/c1-15-4-7-17(8-5-15)20-14-25-22(30-20)11-10-21(26)24-13-16-6-9-19(28-2)18(12-16)23(27)29-3/h4-9,12,14H,10-11,13H2,1-3H3,(H,24,26). The topological polar surface area (TPSA) is 90.7 Å². The van der Waals surface area contributed by atoms with Gasteiger partial charge in [-0.25, -0.2) is 9.78 Å². The monoisotopic (exact) mass is 408 g/mol. The average Bonchev–Trinajstić information content (AvgIpc) is 3.25. The molecule has 0 bridgehead atoms. The minimum Gasteiger partial charge on any atom is -0.496 e. The first kappa shape index (κ1) is 21.1. The summed E-state index contributed by atoms with van der Waals surface area (Å²) in [5, 5.41) is 2.83. The number of aryl methyl sites for hydroxylation is 2. The summed E-state index contributed by atoms with van der Waals surface area (Å²) >= 11 is 0. The van der Waals surface area contributed by atoms with Gasteiger partial charge in [-0.2, -0.15) is 0 Å². The van der Waals surface area contributed by atoms with Gasteiger partial charge in [0.1, 0.15) is 11.3 Å². The molecule has 156 valence electrons. The minimum absolute atomic E-state index is 0.138. The molecule has 3 aromatic rings. The molecule has 2 aromatic carbocycles. The molecule has 0 saturated carbocycles. The summed E-state index contributed by atoms with van der Waals surface area (Å²) in [6, 6.07) is 13.1. The Balaban J connectivity index is 1.53. The van der Waals surface area contributed by atoms with Gasteiger partial charge in [-0.15, -0.1) is 0 Å². The van der Waals surface area contributed by atoms with Crippen molar-refractivity contribution >= 4 is 11.9 Å². The smallest absolute Gasteiger partial charge is 0.341 e. The largest absolute Gasteiger partial charge is 0.496 e. The van der Waals surface area contributed by atoms with E-state index in [0.29, 0.717) is 29.4 Å². The summed E-state index contributed by atoms with van der Waals surface area (Å²) < 4.78 is 15.7. The van der Waals surface area contributed by atoms with E-state index in [-0.39, 0.29) is 18.9 Å². The molecule has 0 spiro atoms. The van der Waals surface area contributed by atoms with Crippen LogP contribution in [0.5, 0.6) is 5.75 Å². The van der Waals surface area contributed by atoms with Gasteiger partial charge >= 0.3 is 5.97 Å². The minimum atomic E-state index is -0.492. The van der Waals surface area contributed by atoms with Crippen molar-refractivity contribution in [2.75, 3.05) is 14.2 Å². The van der Waals surface area contributed by atoms with Crippen LogP contribution in [0.2, 0.25) is 0 Å². The predicted molar refractivity (Wildman–Crippen MR) is 111 cm³/mol. The number of benzene rings is 2. The highest BCUT2D eigenvalue weighted by atomic mass is 16.5. The number of carbonyl (C=O) groups is 2. The Bertz CT molecular complexity index is 1020. The lowest BCUT2D eigenvalue weighted by Crippen LogP contribution is -2.23. The van der Waals surface area contributed by atoms with Crippen LogP contribution in [0.15, 0.2) is 53.1 Å². The number of aromatic nitrogens is 1. The van der Waals surface area contributed by atoms with Crippen LogP contribution >= 0.6 is 0 Å². The van der Waals surface area contributed by atoms with E-state index >= 15 is 0 Å². The number of esters is 1. The summed E-state index contributed by atoms with van der Waals surface area (Å²) in [6.07, 6.45) is 2.31. The number of amides is 1. The third-order valence-corrected chi connectivity index (χ3v) is 4.61. The van der Waals surface area contributed by atoms with Crippen molar-refractivity contribution in [2.24, 2.45) is 0 Å². The van der Waals surface area contributed by atoms with Crippen LogP contribution in [0, 0.1) is 6.92 Å². The highest BCUT2D eigenvalue weighted by molar-refractivity contribution is 5.92. The summed E-state index contributed by atoms with van der Waals surface area (Å²) in [5.41, 5.74) is 3.20. The number of rotatable bonds is 8. The summed E-state index contributed by atoms with van der Waals surface area (Å²) in [4.78, 5) is 28.3. The van der Waals surface area contributed by atoms with Gasteiger partial charge < -0.3 is 19.2 Å². The fraction of sp³-hybridized carbons (Fsp3) is 0.261. The van der Waals surface area contributed by atoms with Gasteiger partial charge in [-0.05, 0) is 24.6 Å². The van der Waals surface area contributed by atoms with Crippen molar-refractivity contribution < 1.29 is 23.5 Å². The second-order valence-electron chi connectivity index (χ2n) is 6.79. The number of nitrogens with zero attached hydrogens (tertiary/aromatic N) is 1. The predicted octanol–water partition coefficient (Wildman–Crippen LogP) is 3.69. The zero-order valence-corrected chi connectivity index (χ0v) is 17.2. The molecule has 0 aliphatic heterocycles. The number of oxazole rings is 1. The first-order valence-electron chi connectivity index (χ1n) is 9.54. The third-order valence-electron chi connectivity index (χ3n) is 4.61. The van der Waals surface area contributed by atoms with E-state index in [2.05, 4.69) is 10.3 Å². The van der Waals surface area contributed by atoms with Crippen LogP contribution < -0.4 is 10.1 Å². The Labute approximate surface area is 175 Å². The molecule has 7 heteroatoms. The van der Waals surface area contributed by atoms with Crippen molar-refractivity contribution in [2.45, 2.75) is 26.3 Å². The second kappa shape index (κ2) is 9.73. The fourth-order valence-corrected chi connectivity index (χ4v) is 2.92. The van der Waals surface area contributed by atoms with Crippen molar-refractivity contribution in [3.05, 3.63) is 71.2 Å². The molecule has 0 saturated heterocycles. The molecular formula is C23H24N2O5. The van der Waals surface area contributed by atoms with Crippen LogP contribution in [0.1, 0.15) is 33.8 Å². The zero-order chi connectivity index (χ0) is 21.5. The van der Waals surface area contributed by atoms with E-state index in [0.717, 1.165) is 11.1 Å². The lowest BCUT2D eigenvalue weighted by Gasteiger charge is -2.10. The van der Waals surface area contributed by atoms with E-state index in [4.69, 9.17) is 13.9 Å². The summed E-state index contributed by atoms with van der Waals surface area (Å²) in [6.45, 7) is 2.31. The van der Waals surface area contributed by atoms with Crippen LogP contribution in [-0.4, -0.2) is 31.1 Å². The number of ether oxygens (including phenoxy) is 2. The Kier molecular flexibility index (Phi) is 6.85. The number of carbonyl (C=O) groups excluding carboxylic acids is 2. The van der Waals surface area contributed by atoms with Gasteiger partial charge in [0.05, 0.1) is 20.4 Å². The maximum atomic E-state index is 12.2. The average molecular weight is 408 g/mol. The quantitative estimate of drug-likeness (QED) is 0.572. The maximum absolute atomic E-state index is 12.2. The zero-order valence-electron chi connectivity index (χ0n) is 17.2. The molecule has 1 N–H and O–H groups in total. The molecule has 0 radical (unpaired) electrons. The highest BCUT2D eigenvalue weighted by Crippen LogP contribution is 2.22. The van der Waals surface area contributed by atoms with Crippen molar-refractivity contribution in [3.8, 4) is 17.1 Å². The molecule has 0 atom stereocenters. The van der Waals surface area contributed by atoms with E-state index < -0.39 is 5.97 Å². The second-order valence-corrected chi connectivity index (χ2v) is 6.79. The Morgan fingerprint density at radius 3 is 2.57 bits per heavy atom. The lowest BCUT2D eigenvalue weighted by atomic mass is 10.1. The van der Waals surface area contributed by atoms with Gasteiger partial charge in [-0.1, -0.05) is 35.9 Å². The van der Waals surface area contributed by atoms with Crippen LogP contribution in [0.25, 0.3) is 11.3 Å². The molecule has 0 unspecified atom stereocenters. The van der Waals surface area contributed by atoms with Crippen molar-refractivity contribution in [1.82, 2.24) is 10.3 Å². The SMILES string of the molecule is COC(=O)c1cc(CNC(=O)CCc2ncc(-c3ccc(C)cc3)o2)ccc1OC. The molecule has 1 aromatic heterocycles. The molecule has 0 fully saturated rings. The Hall–Kier alpha value is -3.61. The van der Waals surface area contributed by atoms with E-state index in [1.165, 1.54) is 19.8 Å². The molecule has 30 heavy (non-hydrogen) atoms. The van der Waals surface area contributed by atoms with Gasteiger partial charge in [0, 0.05) is 24.9 Å². The van der Waals surface area contributed by atoms with Gasteiger partial charge in [0.2, 0.25) is 5.91 Å². The first-order chi connectivity index (χ1) is 14.5. The first-order valence-corrected chi connectivity index (χ1v) is 9.54. The van der Waals surface area contributed by atoms with Crippen molar-refractivity contribution in [3.63, 3.8) is 0 Å². The Morgan fingerprint density at radius 1 is 1.10 bits per heavy atom. The molecule has 0 aliphatic carbocycles. The van der Waals surface area contributed by atoms with Gasteiger partial charge in [-0.3, -0.25) is 4.79 Å². The van der Waals surface area contributed by atoms with Crippen LogP contribution in [0.3, 0.4) is 0 Å². The number of hydrogen-bond acceptors (Lipinski definition) is 6.